The average molecular weight is 384 g/mol. The Kier molecular flexibility index (Phi) is 4.14. The molecule has 122 valence electrons. The van der Waals surface area contributed by atoms with Crippen LogP contribution in [0, 0.1) is 11.7 Å². The number of fused-ring (bicyclic) bond motifs is 3. The molecule has 2 aromatic rings. The molecule has 0 amide bonds. The first kappa shape index (κ1) is 16.0. The van der Waals surface area contributed by atoms with E-state index in [9.17, 15) is 19.1 Å². The number of hydrogen-bond donors (Lipinski definition) is 1. The fourth-order valence-corrected chi connectivity index (χ4v) is 3.95. The second kappa shape index (κ2) is 5.96. The SMILES string of the molecule is CCOC(=O)C1CCc2c(n(Br)c3c(C(=O)O)cc(F)cc23)C1. The second-order valence-electron chi connectivity index (χ2n) is 5.55. The molecule has 1 heterocycles. The number of aromatic nitrogens is 1. The molecule has 7 heteroatoms. The van der Waals surface area contributed by atoms with Gasteiger partial charge in [0.2, 0.25) is 0 Å². The van der Waals surface area contributed by atoms with Crippen LogP contribution in [0.1, 0.15) is 35.0 Å². The Bertz CT molecular complexity index is 814. The van der Waals surface area contributed by atoms with Crippen LogP contribution in [0.2, 0.25) is 0 Å². The highest BCUT2D eigenvalue weighted by atomic mass is 79.9. The molecular weight excluding hydrogens is 369 g/mol. The van der Waals surface area contributed by atoms with Crippen molar-refractivity contribution in [2.45, 2.75) is 26.2 Å². The number of carboxylic acids is 1. The molecule has 23 heavy (non-hydrogen) atoms. The largest absolute Gasteiger partial charge is 0.478 e. The molecule has 1 aliphatic rings. The number of hydrogen-bond acceptors (Lipinski definition) is 3. The predicted molar refractivity (Wildman–Crippen MR) is 85.3 cm³/mol. The van der Waals surface area contributed by atoms with E-state index in [-0.39, 0.29) is 17.5 Å². The lowest BCUT2D eigenvalue weighted by Crippen LogP contribution is -2.25. The number of nitrogens with zero attached hydrogens (tertiary/aromatic N) is 1. The highest BCUT2D eigenvalue weighted by Crippen LogP contribution is 2.37. The van der Waals surface area contributed by atoms with Crippen molar-refractivity contribution in [1.29, 1.82) is 0 Å². The van der Waals surface area contributed by atoms with Crippen LogP contribution in [0.3, 0.4) is 0 Å². The Hall–Kier alpha value is -1.89. The molecule has 5 nitrogen and oxygen atoms in total. The van der Waals surface area contributed by atoms with E-state index in [0.29, 0.717) is 36.8 Å². The van der Waals surface area contributed by atoms with E-state index in [2.05, 4.69) is 16.1 Å². The van der Waals surface area contributed by atoms with Crippen LogP contribution in [0.15, 0.2) is 12.1 Å². The van der Waals surface area contributed by atoms with E-state index >= 15 is 0 Å². The molecular formula is C16H15BrFNO4. The molecule has 0 aliphatic heterocycles. The van der Waals surface area contributed by atoms with Crippen LogP contribution in [-0.4, -0.2) is 27.2 Å². The Balaban J connectivity index is 2.14. The van der Waals surface area contributed by atoms with Gasteiger partial charge in [0.25, 0.3) is 0 Å². The summed E-state index contributed by atoms with van der Waals surface area (Å²) < 4.78 is 20.4. The summed E-state index contributed by atoms with van der Waals surface area (Å²) in [5.41, 5.74) is 2.02. The molecule has 1 unspecified atom stereocenters. The molecule has 1 N–H and O–H groups in total. The van der Waals surface area contributed by atoms with Gasteiger partial charge in [0.1, 0.15) is 5.82 Å². The summed E-state index contributed by atoms with van der Waals surface area (Å²) in [6, 6.07) is 2.36. The number of ether oxygens (including phenoxy) is 1. The third-order valence-corrected chi connectivity index (χ3v) is 5.00. The van der Waals surface area contributed by atoms with Crippen molar-refractivity contribution in [1.82, 2.24) is 3.59 Å². The summed E-state index contributed by atoms with van der Waals surface area (Å²) in [5, 5.41) is 9.91. The maximum absolute atomic E-state index is 13.8. The van der Waals surface area contributed by atoms with Gasteiger partial charge in [-0.3, -0.25) is 8.39 Å². The third kappa shape index (κ3) is 2.63. The first-order valence-corrected chi connectivity index (χ1v) is 8.06. The first-order chi connectivity index (χ1) is 10.9. The molecule has 1 aliphatic carbocycles. The van der Waals surface area contributed by atoms with Gasteiger partial charge >= 0.3 is 11.9 Å². The molecule has 0 radical (unpaired) electrons. The van der Waals surface area contributed by atoms with Gasteiger partial charge < -0.3 is 9.84 Å². The molecule has 0 spiro atoms. The second-order valence-corrected chi connectivity index (χ2v) is 6.26. The standard InChI is InChI=1S/C16H15BrFNO4/c1-2-23-16(22)8-3-4-10-11-6-9(18)7-12(15(20)21)14(11)19(17)13(10)5-8/h6-8H,2-5H2,1H3,(H,20,21). The molecule has 0 saturated heterocycles. The van der Waals surface area contributed by atoms with Gasteiger partial charge in [-0.1, -0.05) is 0 Å². The highest BCUT2D eigenvalue weighted by Gasteiger charge is 2.31. The van der Waals surface area contributed by atoms with Gasteiger partial charge in [0, 0.05) is 17.5 Å². The van der Waals surface area contributed by atoms with Crippen LogP contribution in [0.25, 0.3) is 10.9 Å². The zero-order chi connectivity index (χ0) is 16.7. The maximum Gasteiger partial charge on any atom is 0.337 e. The number of benzene rings is 1. The van der Waals surface area contributed by atoms with E-state index in [4.69, 9.17) is 4.74 Å². The molecule has 0 fully saturated rings. The van der Waals surface area contributed by atoms with Crippen molar-refractivity contribution in [2.75, 3.05) is 6.61 Å². The van der Waals surface area contributed by atoms with Crippen molar-refractivity contribution in [3.8, 4) is 0 Å². The van der Waals surface area contributed by atoms with E-state index in [1.807, 2.05) is 0 Å². The zero-order valence-electron chi connectivity index (χ0n) is 12.4. The summed E-state index contributed by atoms with van der Waals surface area (Å²) in [6.45, 7) is 2.09. The van der Waals surface area contributed by atoms with Gasteiger partial charge in [-0.25, -0.2) is 9.18 Å². The number of carbonyl (C=O) groups is 2. The van der Waals surface area contributed by atoms with Crippen LogP contribution in [0.5, 0.6) is 0 Å². The van der Waals surface area contributed by atoms with Gasteiger partial charge in [0.05, 0.1) is 39.8 Å². The number of aryl methyl sites for hydroxylation is 1. The topological polar surface area (TPSA) is 68.5 Å². The van der Waals surface area contributed by atoms with Crippen LogP contribution < -0.4 is 0 Å². The highest BCUT2D eigenvalue weighted by molar-refractivity contribution is 9.08. The molecule has 0 bridgehead atoms. The van der Waals surface area contributed by atoms with Gasteiger partial charge in [-0.2, -0.15) is 0 Å². The quantitative estimate of drug-likeness (QED) is 0.825. The minimum Gasteiger partial charge on any atom is -0.478 e. The summed E-state index contributed by atoms with van der Waals surface area (Å²) >= 11 is 3.38. The molecule has 1 atom stereocenters. The average Bonchev–Trinajstić information content (AvgIpc) is 2.79. The number of rotatable bonds is 3. The minimum absolute atomic E-state index is 0.0982. The van der Waals surface area contributed by atoms with E-state index in [0.717, 1.165) is 17.3 Å². The smallest absolute Gasteiger partial charge is 0.337 e. The lowest BCUT2D eigenvalue weighted by Gasteiger charge is -2.21. The number of carboxylic acid groups (broad SMARTS) is 1. The molecule has 0 saturated carbocycles. The van der Waals surface area contributed by atoms with Crippen molar-refractivity contribution in [2.24, 2.45) is 5.92 Å². The van der Waals surface area contributed by atoms with E-state index in [1.54, 1.807) is 10.5 Å². The monoisotopic (exact) mass is 383 g/mol. The number of esters is 1. The van der Waals surface area contributed by atoms with Gasteiger partial charge in [-0.15, -0.1) is 0 Å². The fraction of sp³-hybridized carbons (Fsp3) is 0.375. The number of aromatic carboxylic acids is 1. The number of halogens is 2. The van der Waals surface area contributed by atoms with E-state index in [1.165, 1.54) is 6.07 Å². The van der Waals surface area contributed by atoms with Crippen LogP contribution in [0.4, 0.5) is 4.39 Å². The van der Waals surface area contributed by atoms with E-state index < -0.39 is 11.8 Å². The molecule has 1 aromatic heterocycles. The molecule has 3 rings (SSSR count). The lowest BCUT2D eigenvalue weighted by atomic mass is 9.87. The van der Waals surface area contributed by atoms with Crippen LogP contribution in [-0.2, 0) is 22.4 Å². The Morgan fingerprint density at radius 2 is 2.22 bits per heavy atom. The van der Waals surface area contributed by atoms with Gasteiger partial charge in [0.15, 0.2) is 0 Å². The minimum atomic E-state index is -1.19. The van der Waals surface area contributed by atoms with Crippen molar-refractivity contribution >= 4 is 39.0 Å². The lowest BCUT2D eigenvalue weighted by molar-refractivity contribution is -0.148. The zero-order valence-corrected chi connectivity index (χ0v) is 14.0. The summed E-state index contributed by atoms with van der Waals surface area (Å²) in [5.74, 6) is -2.28. The number of carbonyl (C=O) groups excluding carboxylic acids is 1. The Morgan fingerprint density at radius 1 is 1.48 bits per heavy atom. The summed E-state index contributed by atoms with van der Waals surface area (Å²) in [7, 11) is 0. The summed E-state index contributed by atoms with van der Waals surface area (Å²) in [4.78, 5) is 23.4. The predicted octanol–water partition coefficient (Wildman–Crippen LogP) is 3.30. The van der Waals surface area contributed by atoms with Crippen molar-refractivity contribution in [3.05, 3.63) is 34.8 Å². The Labute approximate surface area is 140 Å². The summed E-state index contributed by atoms with van der Waals surface area (Å²) in [6.07, 6.45) is 1.63. The normalized spacial score (nSPS) is 17.1. The van der Waals surface area contributed by atoms with Crippen molar-refractivity contribution < 1.29 is 23.8 Å². The van der Waals surface area contributed by atoms with Crippen molar-refractivity contribution in [3.63, 3.8) is 0 Å². The Morgan fingerprint density at radius 3 is 2.87 bits per heavy atom. The van der Waals surface area contributed by atoms with Gasteiger partial charge in [-0.05, 0) is 37.5 Å². The third-order valence-electron chi connectivity index (χ3n) is 4.21. The fourth-order valence-electron chi connectivity index (χ4n) is 3.21. The maximum atomic E-state index is 13.8. The molecule has 1 aromatic carbocycles. The first-order valence-electron chi connectivity index (χ1n) is 7.35. The van der Waals surface area contributed by atoms with Crippen LogP contribution >= 0.6 is 16.1 Å².